The van der Waals surface area contributed by atoms with E-state index in [-0.39, 0.29) is 11.3 Å². The van der Waals surface area contributed by atoms with Crippen molar-refractivity contribution in [3.63, 3.8) is 0 Å². The summed E-state index contributed by atoms with van der Waals surface area (Å²) in [4.78, 5) is 15.4. The Hall–Kier alpha value is -1.65. The van der Waals surface area contributed by atoms with Crippen LogP contribution in [0.1, 0.15) is 36.8 Å². The minimum atomic E-state index is -0.276. The van der Waals surface area contributed by atoms with Gasteiger partial charge in [-0.05, 0) is 48.9 Å². The first-order valence-corrected chi connectivity index (χ1v) is 10.3. The summed E-state index contributed by atoms with van der Waals surface area (Å²) in [6, 6.07) is 19.2. The van der Waals surface area contributed by atoms with Gasteiger partial charge in [0.1, 0.15) is 0 Å². The molecule has 1 N–H and O–H groups in total. The molecule has 1 saturated carbocycles. The van der Waals surface area contributed by atoms with Crippen molar-refractivity contribution in [2.45, 2.75) is 43.7 Å². The lowest BCUT2D eigenvalue weighted by molar-refractivity contribution is -0.124. The fraction of sp³-hybridized carbons (Fsp3) is 0.409. The lowest BCUT2D eigenvalue weighted by atomic mass is 9.94. The Morgan fingerprint density at radius 3 is 2.31 bits per heavy atom. The molecule has 1 aliphatic heterocycles. The van der Waals surface area contributed by atoms with Crippen LogP contribution >= 0.6 is 15.9 Å². The molecule has 0 unspecified atom stereocenters. The number of piperidine rings is 1. The highest BCUT2D eigenvalue weighted by atomic mass is 79.9. The third-order valence-corrected chi connectivity index (χ3v) is 6.28. The van der Waals surface area contributed by atoms with Crippen LogP contribution in [0, 0.1) is 0 Å². The van der Waals surface area contributed by atoms with Gasteiger partial charge in [-0.25, -0.2) is 0 Å². The summed E-state index contributed by atoms with van der Waals surface area (Å²) in [5.74, 6) is 0.223. The lowest BCUT2D eigenvalue weighted by Crippen LogP contribution is -2.47. The molecule has 2 aromatic carbocycles. The number of benzene rings is 2. The van der Waals surface area contributed by atoms with Crippen LogP contribution < -0.4 is 5.32 Å². The van der Waals surface area contributed by atoms with Crippen molar-refractivity contribution in [3.8, 4) is 0 Å². The second-order valence-corrected chi connectivity index (χ2v) is 8.51. The van der Waals surface area contributed by atoms with E-state index in [0.29, 0.717) is 6.04 Å². The number of rotatable bonds is 5. The molecule has 2 aliphatic rings. The summed E-state index contributed by atoms with van der Waals surface area (Å²) in [5, 5.41) is 3.34. The number of hydrogen-bond donors (Lipinski definition) is 1. The summed E-state index contributed by atoms with van der Waals surface area (Å²) >= 11 is 3.47. The molecule has 1 amide bonds. The largest absolute Gasteiger partial charge is 0.353 e. The van der Waals surface area contributed by atoms with Crippen LogP contribution in [0.25, 0.3) is 0 Å². The van der Waals surface area contributed by atoms with Crippen LogP contribution in [0.4, 0.5) is 0 Å². The van der Waals surface area contributed by atoms with Crippen LogP contribution in [0.15, 0.2) is 59.1 Å². The van der Waals surface area contributed by atoms with Crippen molar-refractivity contribution in [3.05, 3.63) is 70.2 Å². The average Bonchev–Trinajstić information content (AvgIpc) is 3.47. The highest BCUT2D eigenvalue weighted by Gasteiger charge is 2.51. The number of likely N-dealkylation sites (tertiary alicyclic amines) is 1. The van der Waals surface area contributed by atoms with Gasteiger partial charge in [0.2, 0.25) is 5.91 Å². The summed E-state index contributed by atoms with van der Waals surface area (Å²) in [5.41, 5.74) is 2.24. The molecular formula is C22H25BrN2O. The van der Waals surface area contributed by atoms with E-state index in [9.17, 15) is 4.79 Å². The summed E-state index contributed by atoms with van der Waals surface area (Å²) in [7, 11) is 0. The maximum atomic E-state index is 12.9. The first-order valence-electron chi connectivity index (χ1n) is 9.49. The maximum Gasteiger partial charge on any atom is 0.230 e. The first-order chi connectivity index (χ1) is 12.7. The third kappa shape index (κ3) is 3.86. The molecule has 26 heavy (non-hydrogen) atoms. The Bertz CT molecular complexity index is 747. The molecule has 4 heteroatoms. The predicted molar refractivity (Wildman–Crippen MR) is 108 cm³/mol. The van der Waals surface area contributed by atoms with Crippen molar-refractivity contribution < 1.29 is 4.79 Å². The Kier molecular flexibility index (Phi) is 5.14. The molecule has 2 fully saturated rings. The minimum absolute atomic E-state index is 0.223. The predicted octanol–water partition coefficient (Wildman–Crippen LogP) is 4.26. The van der Waals surface area contributed by atoms with Crippen LogP contribution in [-0.2, 0) is 16.8 Å². The number of hydrogen-bond acceptors (Lipinski definition) is 2. The number of nitrogens with one attached hydrogen (secondary N) is 1. The second-order valence-electron chi connectivity index (χ2n) is 7.60. The van der Waals surface area contributed by atoms with Crippen molar-refractivity contribution in [2.24, 2.45) is 0 Å². The van der Waals surface area contributed by atoms with Crippen LogP contribution in [0.5, 0.6) is 0 Å². The quantitative estimate of drug-likeness (QED) is 0.795. The first kappa shape index (κ1) is 17.7. The summed E-state index contributed by atoms with van der Waals surface area (Å²) in [6.45, 7) is 3.10. The van der Waals surface area contributed by atoms with Gasteiger partial charge in [0, 0.05) is 30.1 Å². The van der Waals surface area contributed by atoms with E-state index in [1.807, 2.05) is 12.1 Å². The summed E-state index contributed by atoms with van der Waals surface area (Å²) in [6.07, 6.45) is 4.00. The van der Waals surface area contributed by atoms with Crippen molar-refractivity contribution in [2.75, 3.05) is 13.1 Å². The molecule has 0 atom stereocenters. The standard InChI is InChI=1S/C22H25BrN2O/c23-19-8-6-18(7-9-19)22(12-13-22)21(26)24-20-10-14-25(15-11-20)16-17-4-2-1-3-5-17/h1-9,20H,10-16H2,(H,24,26). The molecule has 1 aliphatic carbocycles. The fourth-order valence-corrected chi connectivity index (χ4v) is 4.21. The molecule has 1 heterocycles. The van der Waals surface area contributed by atoms with Gasteiger partial charge in [-0.1, -0.05) is 58.4 Å². The van der Waals surface area contributed by atoms with Crippen molar-refractivity contribution in [1.29, 1.82) is 0 Å². The van der Waals surface area contributed by atoms with Crippen molar-refractivity contribution >= 4 is 21.8 Å². The normalized spacial score (nSPS) is 19.9. The highest BCUT2D eigenvalue weighted by molar-refractivity contribution is 9.10. The van der Waals surface area contributed by atoms with E-state index in [1.54, 1.807) is 0 Å². The summed E-state index contributed by atoms with van der Waals surface area (Å²) < 4.78 is 1.06. The molecule has 0 spiro atoms. The lowest BCUT2D eigenvalue weighted by Gasteiger charge is -2.33. The number of carbonyl (C=O) groups excluding carboxylic acids is 1. The van der Waals surface area contributed by atoms with Gasteiger partial charge in [0.25, 0.3) is 0 Å². The van der Waals surface area contributed by atoms with Gasteiger partial charge in [-0.2, -0.15) is 0 Å². The van der Waals surface area contributed by atoms with Crippen LogP contribution in [0.3, 0.4) is 0 Å². The number of halogens is 1. The number of carbonyl (C=O) groups is 1. The topological polar surface area (TPSA) is 32.3 Å². The van der Waals surface area contributed by atoms with Crippen LogP contribution in [0.2, 0.25) is 0 Å². The van der Waals surface area contributed by atoms with Gasteiger partial charge >= 0.3 is 0 Å². The van der Waals surface area contributed by atoms with E-state index in [1.165, 1.54) is 5.56 Å². The van der Waals surface area contributed by atoms with E-state index >= 15 is 0 Å². The van der Waals surface area contributed by atoms with E-state index in [4.69, 9.17) is 0 Å². The molecular weight excluding hydrogens is 388 g/mol. The molecule has 2 aromatic rings. The molecule has 4 rings (SSSR count). The number of amides is 1. The Labute approximate surface area is 163 Å². The molecule has 3 nitrogen and oxygen atoms in total. The van der Waals surface area contributed by atoms with Gasteiger partial charge in [0.15, 0.2) is 0 Å². The Morgan fingerprint density at radius 1 is 1.04 bits per heavy atom. The molecule has 0 aromatic heterocycles. The molecule has 136 valence electrons. The highest BCUT2D eigenvalue weighted by Crippen LogP contribution is 2.48. The SMILES string of the molecule is O=C(NC1CCN(Cc2ccccc2)CC1)C1(c2ccc(Br)cc2)CC1. The van der Waals surface area contributed by atoms with E-state index in [0.717, 1.165) is 55.4 Å². The second kappa shape index (κ2) is 7.53. The van der Waals surface area contributed by atoms with E-state index in [2.05, 4.69) is 68.6 Å². The monoisotopic (exact) mass is 412 g/mol. The van der Waals surface area contributed by atoms with Crippen LogP contribution in [-0.4, -0.2) is 29.9 Å². The molecule has 1 saturated heterocycles. The van der Waals surface area contributed by atoms with Gasteiger partial charge in [-0.3, -0.25) is 9.69 Å². The fourth-order valence-electron chi connectivity index (χ4n) is 3.94. The molecule has 0 radical (unpaired) electrons. The van der Waals surface area contributed by atoms with Crippen molar-refractivity contribution in [1.82, 2.24) is 10.2 Å². The van der Waals surface area contributed by atoms with E-state index < -0.39 is 0 Å². The smallest absolute Gasteiger partial charge is 0.230 e. The van der Waals surface area contributed by atoms with Gasteiger partial charge in [0.05, 0.1) is 5.41 Å². The average molecular weight is 413 g/mol. The number of nitrogens with zero attached hydrogens (tertiary/aromatic N) is 1. The third-order valence-electron chi connectivity index (χ3n) is 5.75. The minimum Gasteiger partial charge on any atom is -0.353 e. The Morgan fingerprint density at radius 2 is 1.69 bits per heavy atom. The van der Waals surface area contributed by atoms with Gasteiger partial charge in [-0.15, -0.1) is 0 Å². The zero-order valence-corrected chi connectivity index (χ0v) is 16.5. The molecule has 0 bridgehead atoms. The zero-order chi connectivity index (χ0) is 18.0. The maximum absolute atomic E-state index is 12.9. The zero-order valence-electron chi connectivity index (χ0n) is 15.0. The Balaban J connectivity index is 1.30. The van der Waals surface area contributed by atoms with Gasteiger partial charge < -0.3 is 5.32 Å².